The first kappa shape index (κ1) is 15.1. The Morgan fingerprint density at radius 2 is 1.60 bits per heavy atom. The van der Waals surface area contributed by atoms with Gasteiger partial charge >= 0.3 is 0 Å². The van der Waals surface area contributed by atoms with Crippen LogP contribution in [-0.4, -0.2) is 63.3 Å². The Kier molecular flexibility index (Phi) is 4.85. The predicted molar refractivity (Wildman–Crippen MR) is 69.2 cm³/mol. The highest BCUT2D eigenvalue weighted by molar-refractivity contribution is 5.96. The highest BCUT2D eigenvalue weighted by Crippen LogP contribution is 2.24. The van der Waals surface area contributed by atoms with Crippen LogP contribution in [-0.2, 0) is 4.74 Å². The lowest BCUT2D eigenvalue weighted by Crippen LogP contribution is -2.58. The van der Waals surface area contributed by atoms with Crippen molar-refractivity contribution in [2.75, 3.05) is 6.61 Å². The van der Waals surface area contributed by atoms with Gasteiger partial charge in [-0.05, 0) is 0 Å². The summed E-state index contributed by atoms with van der Waals surface area (Å²) in [4.78, 5) is 12.0. The van der Waals surface area contributed by atoms with E-state index >= 15 is 0 Å². The smallest absolute Gasteiger partial charge is 0.165 e. The van der Waals surface area contributed by atoms with Crippen molar-refractivity contribution < 1.29 is 30.0 Å². The average Bonchev–Trinajstić information content (AvgIpc) is 2.48. The molecule has 0 bridgehead atoms. The molecule has 1 aromatic carbocycles. The second-order valence-electron chi connectivity index (χ2n) is 4.86. The van der Waals surface area contributed by atoms with Crippen molar-refractivity contribution in [2.24, 2.45) is 0 Å². The normalized spacial score (nSPS) is 33.9. The second kappa shape index (κ2) is 6.43. The lowest BCUT2D eigenvalue weighted by atomic mass is 9.91. The molecular formula is C14H18O6. The Hall–Kier alpha value is -1.31. The third-order valence-corrected chi connectivity index (χ3v) is 3.47. The van der Waals surface area contributed by atoms with Gasteiger partial charge < -0.3 is 25.2 Å². The standard InChI is InChI=1S/C14H18O6/c15-7-11-13(18)14(19)12(17)10(20-11)6-9(16)8-4-2-1-3-5-8/h1-5,10-15,17-19H,6-7H2/t10-,11+,12-,13-,14+/m0/s1. The molecule has 5 atom stereocenters. The molecular weight excluding hydrogens is 264 g/mol. The van der Waals surface area contributed by atoms with Crippen LogP contribution in [0.3, 0.4) is 0 Å². The summed E-state index contributed by atoms with van der Waals surface area (Å²) in [7, 11) is 0. The number of hydrogen-bond acceptors (Lipinski definition) is 6. The van der Waals surface area contributed by atoms with Gasteiger partial charge in [0.1, 0.15) is 24.4 Å². The van der Waals surface area contributed by atoms with Crippen LogP contribution in [0.15, 0.2) is 30.3 Å². The van der Waals surface area contributed by atoms with E-state index in [-0.39, 0.29) is 12.2 Å². The number of rotatable bonds is 4. The van der Waals surface area contributed by atoms with Crippen molar-refractivity contribution in [2.45, 2.75) is 36.9 Å². The van der Waals surface area contributed by atoms with Gasteiger partial charge in [0.15, 0.2) is 5.78 Å². The Morgan fingerprint density at radius 1 is 1.00 bits per heavy atom. The Balaban J connectivity index is 2.06. The van der Waals surface area contributed by atoms with Crippen molar-refractivity contribution in [1.29, 1.82) is 0 Å². The lowest BCUT2D eigenvalue weighted by Gasteiger charge is -2.39. The largest absolute Gasteiger partial charge is 0.394 e. The molecule has 1 aliphatic heterocycles. The lowest BCUT2D eigenvalue weighted by molar-refractivity contribution is -0.227. The monoisotopic (exact) mass is 282 g/mol. The Morgan fingerprint density at radius 3 is 2.20 bits per heavy atom. The van der Waals surface area contributed by atoms with Crippen molar-refractivity contribution in [3.63, 3.8) is 0 Å². The summed E-state index contributed by atoms with van der Waals surface area (Å²) in [6.45, 7) is -0.499. The maximum Gasteiger partial charge on any atom is 0.165 e. The number of carbonyl (C=O) groups excluding carboxylic acids is 1. The number of aliphatic hydroxyl groups excluding tert-OH is 4. The molecule has 1 saturated heterocycles. The fourth-order valence-corrected chi connectivity index (χ4v) is 2.27. The molecule has 20 heavy (non-hydrogen) atoms. The van der Waals surface area contributed by atoms with Gasteiger partial charge in [-0.3, -0.25) is 4.79 Å². The van der Waals surface area contributed by atoms with E-state index in [4.69, 9.17) is 9.84 Å². The van der Waals surface area contributed by atoms with Crippen LogP contribution in [0.5, 0.6) is 0 Å². The minimum absolute atomic E-state index is 0.133. The maximum absolute atomic E-state index is 12.0. The molecule has 2 rings (SSSR count). The van der Waals surface area contributed by atoms with E-state index in [1.807, 2.05) is 0 Å². The van der Waals surface area contributed by atoms with Gasteiger partial charge in [0.25, 0.3) is 0 Å². The fourth-order valence-electron chi connectivity index (χ4n) is 2.27. The molecule has 110 valence electrons. The van der Waals surface area contributed by atoms with Crippen molar-refractivity contribution in [3.8, 4) is 0 Å². The minimum atomic E-state index is -1.45. The summed E-state index contributed by atoms with van der Waals surface area (Å²) >= 11 is 0. The van der Waals surface area contributed by atoms with Crippen LogP contribution in [0.25, 0.3) is 0 Å². The number of benzene rings is 1. The van der Waals surface area contributed by atoms with Gasteiger partial charge in [-0.2, -0.15) is 0 Å². The molecule has 0 radical (unpaired) electrons. The molecule has 1 fully saturated rings. The summed E-state index contributed by atoms with van der Waals surface area (Å²) in [5, 5.41) is 38.2. The maximum atomic E-state index is 12.0. The van der Waals surface area contributed by atoms with E-state index in [0.717, 1.165) is 0 Å². The van der Waals surface area contributed by atoms with Gasteiger partial charge in [-0.1, -0.05) is 30.3 Å². The quantitative estimate of drug-likeness (QED) is 0.533. The predicted octanol–water partition coefficient (Wildman–Crippen LogP) is -0.898. The third kappa shape index (κ3) is 3.05. The van der Waals surface area contributed by atoms with Crippen LogP contribution in [0.2, 0.25) is 0 Å². The van der Waals surface area contributed by atoms with Crippen LogP contribution >= 0.6 is 0 Å². The van der Waals surface area contributed by atoms with E-state index in [2.05, 4.69) is 0 Å². The molecule has 6 nitrogen and oxygen atoms in total. The second-order valence-corrected chi connectivity index (χ2v) is 4.86. The highest BCUT2D eigenvalue weighted by atomic mass is 16.5. The Labute approximate surface area is 116 Å². The van der Waals surface area contributed by atoms with Crippen molar-refractivity contribution >= 4 is 5.78 Å². The summed E-state index contributed by atoms with van der Waals surface area (Å²) < 4.78 is 5.29. The molecule has 6 heteroatoms. The van der Waals surface area contributed by atoms with E-state index in [1.54, 1.807) is 30.3 Å². The molecule has 0 saturated carbocycles. The zero-order chi connectivity index (χ0) is 14.7. The number of carbonyl (C=O) groups is 1. The summed E-state index contributed by atoms with van der Waals surface area (Å²) in [5.41, 5.74) is 0.476. The van der Waals surface area contributed by atoms with Crippen molar-refractivity contribution in [1.82, 2.24) is 0 Å². The van der Waals surface area contributed by atoms with Crippen LogP contribution in [0.4, 0.5) is 0 Å². The minimum Gasteiger partial charge on any atom is -0.394 e. The summed E-state index contributed by atoms with van der Waals surface area (Å²) in [6.07, 6.45) is -6.31. The molecule has 0 spiro atoms. The van der Waals surface area contributed by atoms with Gasteiger partial charge in [0.2, 0.25) is 0 Å². The van der Waals surface area contributed by atoms with Crippen LogP contribution in [0.1, 0.15) is 16.8 Å². The van der Waals surface area contributed by atoms with Crippen molar-refractivity contribution in [3.05, 3.63) is 35.9 Å². The van der Waals surface area contributed by atoms with E-state index < -0.39 is 37.1 Å². The molecule has 1 aliphatic rings. The molecule has 1 aromatic rings. The Bertz CT molecular complexity index is 446. The first-order valence-corrected chi connectivity index (χ1v) is 6.43. The first-order valence-electron chi connectivity index (χ1n) is 6.43. The molecule has 1 heterocycles. The highest BCUT2D eigenvalue weighted by Gasteiger charge is 2.43. The van der Waals surface area contributed by atoms with E-state index in [1.165, 1.54) is 0 Å². The molecule has 0 aromatic heterocycles. The molecule has 0 unspecified atom stereocenters. The van der Waals surface area contributed by atoms with Crippen LogP contribution in [0, 0.1) is 0 Å². The number of Topliss-reactive ketones (excluding diaryl/α,β-unsaturated/α-hetero) is 1. The zero-order valence-corrected chi connectivity index (χ0v) is 10.8. The fraction of sp³-hybridized carbons (Fsp3) is 0.500. The number of aliphatic hydroxyl groups is 4. The topological polar surface area (TPSA) is 107 Å². The number of hydrogen-bond donors (Lipinski definition) is 4. The van der Waals surface area contributed by atoms with E-state index in [0.29, 0.717) is 5.56 Å². The zero-order valence-electron chi connectivity index (χ0n) is 10.8. The van der Waals surface area contributed by atoms with E-state index in [9.17, 15) is 20.1 Å². The molecule has 0 aliphatic carbocycles. The molecule has 4 N–H and O–H groups in total. The third-order valence-electron chi connectivity index (χ3n) is 3.47. The average molecular weight is 282 g/mol. The summed E-state index contributed by atoms with van der Waals surface area (Å²) in [6, 6.07) is 8.52. The number of ether oxygens (including phenoxy) is 1. The first-order chi connectivity index (χ1) is 9.54. The number of ketones is 1. The van der Waals surface area contributed by atoms with Crippen LogP contribution < -0.4 is 0 Å². The van der Waals surface area contributed by atoms with Gasteiger partial charge in [0.05, 0.1) is 12.7 Å². The SMILES string of the molecule is O=C(C[C@@H]1O[C@H](CO)[C@H](O)[C@H](O)[C@H]1O)c1ccccc1. The summed E-state index contributed by atoms with van der Waals surface area (Å²) in [5.74, 6) is -0.241. The van der Waals surface area contributed by atoms with Gasteiger partial charge in [0, 0.05) is 12.0 Å². The molecule has 0 amide bonds. The van der Waals surface area contributed by atoms with Gasteiger partial charge in [-0.15, -0.1) is 0 Å². The van der Waals surface area contributed by atoms with Gasteiger partial charge in [-0.25, -0.2) is 0 Å².